The Balaban J connectivity index is 2.21. The zero-order valence-corrected chi connectivity index (χ0v) is 13.8. The van der Waals surface area contributed by atoms with Crippen LogP contribution in [0.2, 0.25) is 0 Å². The molecule has 1 aromatic carbocycles. The van der Waals surface area contributed by atoms with Gasteiger partial charge in [0.05, 0.1) is 12.8 Å². The number of benzene rings is 1. The van der Waals surface area contributed by atoms with E-state index in [9.17, 15) is 18.0 Å². The van der Waals surface area contributed by atoms with Crippen molar-refractivity contribution < 1.29 is 22.7 Å². The molecule has 0 fully saturated rings. The largest absolute Gasteiger partial charge is 0.462 e. The molecule has 0 saturated heterocycles. The first-order valence-corrected chi connectivity index (χ1v) is 8.42. The van der Waals surface area contributed by atoms with E-state index in [0.717, 1.165) is 6.20 Å². The van der Waals surface area contributed by atoms with Crippen LogP contribution in [0, 0.1) is 0 Å². The van der Waals surface area contributed by atoms with Crippen LogP contribution in [0.1, 0.15) is 24.2 Å². The van der Waals surface area contributed by atoms with Crippen molar-refractivity contribution in [2.45, 2.75) is 18.9 Å². The Bertz CT molecular complexity index is 842. The molecule has 2 rings (SSSR count). The molecule has 9 nitrogen and oxygen atoms in total. The first kappa shape index (κ1) is 17.5. The zero-order valence-electron chi connectivity index (χ0n) is 13.0. The average molecular weight is 352 g/mol. The number of anilines is 2. The minimum absolute atomic E-state index is 0.113. The summed E-state index contributed by atoms with van der Waals surface area (Å²) in [6.45, 7) is 3.09. The lowest BCUT2D eigenvalue weighted by Gasteiger charge is -2.09. The maximum atomic E-state index is 12.4. The van der Waals surface area contributed by atoms with Crippen molar-refractivity contribution in [3.05, 3.63) is 36.0 Å². The lowest BCUT2D eigenvalue weighted by molar-refractivity contribution is -0.114. The quantitative estimate of drug-likeness (QED) is 0.673. The van der Waals surface area contributed by atoms with Gasteiger partial charge in [-0.05, 0) is 31.2 Å². The summed E-state index contributed by atoms with van der Waals surface area (Å²) >= 11 is 0. The summed E-state index contributed by atoms with van der Waals surface area (Å²) in [6, 6.07) is 6.03. The lowest BCUT2D eigenvalue weighted by atomic mass is 10.3. The predicted molar refractivity (Wildman–Crippen MR) is 86.1 cm³/mol. The number of aromatic nitrogens is 2. The Labute approximate surface area is 138 Å². The van der Waals surface area contributed by atoms with Gasteiger partial charge in [-0.1, -0.05) is 0 Å². The van der Waals surface area contributed by atoms with Crippen LogP contribution in [-0.4, -0.2) is 37.1 Å². The molecule has 0 aliphatic carbocycles. The number of esters is 1. The van der Waals surface area contributed by atoms with Gasteiger partial charge in [-0.2, -0.15) is 13.5 Å². The van der Waals surface area contributed by atoms with Crippen molar-refractivity contribution in [2.24, 2.45) is 0 Å². The highest BCUT2D eigenvalue weighted by Gasteiger charge is 2.26. The van der Waals surface area contributed by atoms with E-state index < -0.39 is 16.0 Å². The van der Waals surface area contributed by atoms with Gasteiger partial charge in [0.15, 0.2) is 5.03 Å². The van der Waals surface area contributed by atoms with Crippen molar-refractivity contribution >= 4 is 33.3 Å². The fourth-order valence-corrected chi connectivity index (χ4v) is 3.01. The molecule has 3 N–H and O–H groups in total. The number of nitrogens with zero attached hydrogens (tertiary/aromatic N) is 1. The maximum Gasteiger partial charge on any atom is 0.342 e. The number of nitrogens with one attached hydrogen (secondary N) is 3. The smallest absolute Gasteiger partial charge is 0.342 e. The number of amides is 1. The maximum absolute atomic E-state index is 12.4. The van der Waals surface area contributed by atoms with Crippen LogP contribution < -0.4 is 10.0 Å². The predicted octanol–water partition coefficient (Wildman–Crippen LogP) is 1.35. The third-order valence-corrected chi connectivity index (χ3v) is 4.18. The molecule has 0 spiro atoms. The molecular formula is C14H16N4O5S. The summed E-state index contributed by atoms with van der Waals surface area (Å²) in [5.74, 6) is -1.02. The number of ether oxygens (including phenoxy) is 1. The van der Waals surface area contributed by atoms with Crippen molar-refractivity contribution in [3.63, 3.8) is 0 Å². The van der Waals surface area contributed by atoms with E-state index in [1.807, 2.05) is 0 Å². The van der Waals surface area contributed by atoms with Gasteiger partial charge in [0, 0.05) is 18.3 Å². The molecule has 10 heteroatoms. The molecule has 0 saturated carbocycles. The average Bonchev–Trinajstić information content (AvgIpc) is 2.99. The number of H-pyrrole nitrogens is 1. The Morgan fingerprint density at radius 3 is 2.42 bits per heavy atom. The van der Waals surface area contributed by atoms with Gasteiger partial charge in [-0.15, -0.1) is 0 Å². The summed E-state index contributed by atoms with van der Waals surface area (Å²) < 4.78 is 31.9. The zero-order chi connectivity index (χ0) is 17.7. The van der Waals surface area contributed by atoms with Gasteiger partial charge >= 0.3 is 5.97 Å². The third kappa shape index (κ3) is 4.10. The Morgan fingerprint density at radius 1 is 1.21 bits per heavy atom. The molecular weight excluding hydrogens is 336 g/mol. The fraction of sp³-hybridized carbons (Fsp3) is 0.214. The van der Waals surface area contributed by atoms with E-state index in [1.54, 1.807) is 19.1 Å². The summed E-state index contributed by atoms with van der Waals surface area (Å²) in [6.07, 6.45) is 1.09. The second-order valence-electron chi connectivity index (χ2n) is 4.70. The molecule has 1 aromatic heterocycles. The number of rotatable bonds is 6. The summed E-state index contributed by atoms with van der Waals surface area (Å²) in [4.78, 5) is 22.7. The van der Waals surface area contributed by atoms with E-state index in [-0.39, 0.29) is 28.8 Å². The summed E-state index contributed by atoms with van der Waals surface area (Å²) in [5, 5.41) is 8.06. The molecule has 1 heterocycles. The normalized spacial score (nSPS) is 10.9. The fourth-order valence-electron chi connectivity index (χ4n) is 1.86. The number of hydrogen-bond donors (Lipinski definition) is 3. The van der Waals surface area contributed by atoms with E-state index in [4.69, 9.17) is 4.74 Å². The highest BCUT2D eigenvalue weighted by molar-refractivity contribution is 7.92. The van der Waals surface area contributed by atoms with Crippen molar-refractivity contribution in [1.29, 1.82) is 0 Å². The van der Waals surface area contributed by atoms with Crippen LogP contribution in [0.4, 0.5) is 11.4 Å². The first-order chi connectivity index (χ1) is 11.3. The number of hydrogen-bond acceptors (Lipinski definition) is 6. The van der Waals surface area contributed by atoms with Crippen LogP contribution in [-0.2, 0) is 19.6 Å². The lowest BCUT2D eigenvalue weighted by Crippen LogP contribution is -2.17. The SMILES string of the molecule is CCOC(=O)c1cn[nH]c1S(=O)(=O)Nc1ccc(NC(C)=O)cc1. The van der Waals surface area contributed by atoms with Crippen LogP contribution in [0.5, 0.6) is 0 Å². The molecule has 0 unspecified atom stereocenters. The molecule has 24 heavy (non-hydrogen) atoms. The van der Waals surface area contributed by atoms with Gasteiger partial charge < -0.3 is 10.1 Å². The monoisotopic (exact) mass is 352 g/mol. The van der Waals surface area contributed by atoms with E-state index in [1.165, 1.54) is 19.1 Å². The summed E-state index contributed by atoms with van der Waals surface area (Å²) in [7, 11) is -4.06. The van der Waals surface area contributed by atoms with Crippen LogP contribution in [0.15, 0.2) is 35.5 Å². The second-order valence-corrected chi connectivity index (χ2v) is 6.32. The van der Waals surface area contributed by atoms with Crippen LogP contribution in [0.3, 0.4) is 0 Å². The number of sulfonamides is 1. The van der Waals surface area contributed by atoms with Crippen LogP contribution in [0.25, 0.3) is 0 Å². The molecule has 128 valence electrons. The van der Waals surface area contributed by atoms with Crippen molar-refractivity contribution in [1.82, 2.24) is 10.2 Å². The highest BCUT2D eigenvalue weighted by Crippen LogP contribution is 2.20. The topological polar surface area (TPSA) is 130 Å². The van der Waals surface area contributed by atoms with Gasteiger partial charge in [0.2, 0.25) is 5.91 Å². The first-order valence-electron chi connectivity index (χ1n) is 6.94. The van der Waals surface area contributed by atoms with Crippen molar-refractivity contribution in [3.8, 4) is 0 Å². The molecule has 0 radical (unpaired) electrons. The Hall–Kier alpha value is -2.88. The van der Waals surface area contributed by atoms with E-state index in [0.29, 0.717) is 5.69 Å². The van der Waals surface area contributed by atoms with Crippen LogP contribution >= 0.6 is 0 Å². The standard InChI is InChI=1S/C14H16N4O5S/c1-3-23-14(20)12-8-15-17-13(12)24(21,22)18-11-6-4-10(5-7-11)16-9(2)19/h4-8,18H,3H2,1-2H3,(H,15,17)(H,16,19). The van der Waals surface area contributed by atoms with E-state index >= 15 is 0 Å². The molecule has 0 bridgehead atoms. The number of aromatic amines is 1. The Kier molecular flexibility index (Phi) is 5.19. The molecule has 2 aromatic rings. The molecule has 1 amide bonds. The summed E-state index contributed by atoms with van der Waals surface area (Å²) in [5.41, 5.74) is 0.604. The molecule has 0 atom stereocenters. The van der Waals surface area contributed by atoms with Gasteiger partial charge in [0.1, 0.15) is 5.56 Å². The number of carbonyl (C=O) groups excluding carboxylic acids is 2. The third-order valence-electron chi connectivity index (χ3n) is 2.83. The minimum Gasteiger partial charge on any atom is -0.462 e. The van der Waals surface area contributed by atoms with Gasteiger partial charge in [-0.3, -0.25) is 14.6 Å². The van der Waals surface area contributed by atoms with Gasteiger partial charge in [0.25, 0.3) is 10.0 Å². The molecule has 0 aliphatic heterocycles. The second kappa shape index (κ2) is 7.13. The van der Waals surface area contributed by atoms with E-state index in [2.05, 4.69) is 20.2 Å². The number of carbonyl (C=O) groups is 2. The molecule has 0 aliphatic rings. The highest BCUT2D eigenvalue weighted by atomic mass is 32.2. The van der Waals surface area contributed by atoms with Crippen molar-refractivity contribution in [2.75, 3.05) is 16.6 Å². The van der Waals surface area contributed by atoms with Gasteiger partial charge in [-0.25, -0.2) is 4.79 Å². The Morgan fingerprint density at radius 2 is 1.83 bits per heavy atom. The minimum atomic E-state index is -4.06.